The van der Waals surface area contributed by atoms with Crippen LogP contribution < -0.4 is 0 Å². The van der Waals surface area contributed by atoms with E-state index in [1.54, 1.807) is 0 Å². The van der Waals surface area contributed by atoms with Gasteiger partial charge in [-0.3, -0.25) is 4.79 Å². The normalized spacial score (nSPS) is 13.1. The standard InChI is InChI=1S/C43H31N3O/c1-43(2)37-20-12-11-19-35(37)39(47)36-27-32(25-26-38(36)43)34-18-10-9-17-33(34)28-21-23-31(24-22-28)42-45-40(29-13-5-3-6-14-29)44-41(46-42)30-15-7-4-8-16-30/h3-27H,1-2H3. The quantitative estimate of drug-likeness (QED) is 0.196. The summed E-state index contributed by atoms with van der Waals surface area (Å²) in [7, 11) is 0. The van der Waals surface area contributed by atoms with E-state index in [2.05, 4.69) is 86.6 Å². The number of nitrogens with zero attached hydrogens (tertiary/aromatic N) is 3. The van der Waals surface area contributed by atoms with E-state index < -0.39 is 0 Å². The summed E-state index contributed by atoms with van der Waals surface area (Å²) in [5.74, 6) is 1.97. The molecular formula is C43H31N3O. The number of aromatic nitrogens is 3. The molecule has 0 unspecified atom stereocenters. The molecule has 6 aromatic carbocycles. The van der Waals surface area contributed by atoms with E-state index in [0.29, 0.717) is 17.5 Å². The highest BCUT2D eigenvalue weighted by Gasteiger charge is 2.36. The predicted octanol–water partition coefficient (Wildman–Crippen LogP) is 10.1. The molecule has 0 bridgehead atoms. The van der Waals surface area contributed by atoms with Crippen molar-refractivity contribution in [2.45, 2.75) is 19.3 Å². The molecule has 0 amide bonds. The number of hydrogen-bond acceptors (Lipinski definition) is 4. The summed E-state index contributed by atoms with van der Waals surface area (Å²) < 4.78 is 0. The summed E-state index contributed by atoms with van der Waals surface area (Å²) >= 11 is 0. The second-order valence-electron chi connectivity index (χ2n) is 12.4. The number of benzene rings is 6. The van der Waals surface area contributed by atoms with Gasteiger partial charge in [-0.05, 0) is 39.4 Å². The van der Waals surface area contributed by atoms with E-state index in [-0.39, 0.29) is 11.2 Å². The molecule has 0 spiro atoms. The van der Waals surface area contributed by atoms with Crippen LogP contribution in [0, 0.1) is 0 Å². The van der Waals surface area contributed by atoms with Crippen molar-refractivity contribution in [3.63, 3.8) is 0 Å². The Bertz CT molecular complexity index is 2220. The number of carbonyl (C=O) groups is 1. The van der Waals surface area contributed by atoms with E-state index in [1.807, 2.05) is 78.9 Å². The number of hydrogen-bond donors (Lipinski definition) is 0. The molecule has 1 heterocycles. The van der Waals surface area contributed by atoms with Crippen LogP contribution in [0.15, 0.2) is 152 Å². The molecule has 8 rings (SSSR count). The van der Waals surface area contributed by atoms with Gasteiger partial charge in [0, 0.05) is 33.2 Å². The van der Waals surface area contributed by atoms with Crippen LogP contribution >= 0.6 is 0 Å². The van der Waals surface area contributed by atoms with Crippen molar-refractivity contribution in [3.05, 3.63) is 174 Å². The van der Waals surface area contributed by atoms with Gasteiger partial charge >= 0.3 is 0 Å². The fraction of sp³-hybridized carbons (Fsp3) is 0.0698. The van der Waals surface area contributed by atoms with Crippen molar-refractivity contribution in [3.8, 4) is 56.4 Å². The van der Waals surface area contributed by atoms with Crippen LogP contribution in [0.25, 0.3) is 56.4 Å². The lowest BCUT2D eigenvalue weighted by Crippen LogP contribution is -2.30. The fourth-order valence-corrected chi connectivity index (χ4v) is 6.68. The Kier molecular flexibility index (Phi) is 6.92. The van der Waals surface area contributed by atoms with Gasteiger partial charge in [0.15, 0.2) is 23.3 Å². The largest absolute Gasteiger partial charge is 0.289 e. The Morgan fingerprint density at radius 3 is 1.36 bits per heavy atom. The van der Waals surface area contributed by atoms with E-state index in [9.17, 15) is 4.79 Å². The van der Waals surface area contributed by atoms with Crippen molar-refractivity contribution in [2.75, 3.05) is 0 Å². The zero-order chi connectivity index (χ0) is 32.0. The van der Waals surface area contributed by atoms with Crippen molar-refractivity contribution in [1.82, 2.24) is 15.0 Å². The van der Waals surface area contributed by atoms with Crippen LogP contribution in [-0.4, -0.2) is 20.7 Å². The summed E-state index contributed by atoms with van der Waals surface area (Å²) in [6, 6.07) is 51.1. The average molecular weight is 606 g/mol. The third kappa shape index (κ3) is 5.04. The first kappa shape index (κ1) is 28.5. The third-order valence-corrected chi connectivity index (χ3v) is 9.17. The van der Waals surface area contributed by atoms with Crippen LogP contribution in [0.3, 0.4) is 0 Å². The smallest absolute Gasteiger partial charge is 0.193 e. The SMILES string of the molecule is CC1(C)c2ccccc2C(=O)c2cc(-c3ccccc3-c3ccc(-c4nc(-c5ccccc5)nc(-c5ccccc5)n4)cc3)ccc21. The van der Waals surface area contributed by atoms with Crippen molar-refractivity contribution < 1.29 is 4.79 Å². The number of rotatable bonds is 5. The minimum absolute atomic E-state index is 0.0840. The van der Waals surface area contributed by atoms with Gasteiger partial charge in [0.2, 0.25) is 0 Å². The Balaban J connectivity index is 1.18. The Morgan fingerprint density at radius 2 is 0.787 bits per heavy atom. The van der Waals surface area contributed by atoms with Crippen LogP contribution in [0.5, 0.6) is 0 Å². The topological polar surface area (TPSA) is 55.7 Å². The number of carbonyl (C=O) groups excluding carboxylic acids is 1. The maximum Gasteiger partial charge on any atom is 0.193 e. The van der Waals surface area contributed by atoms with Crippen LogP contribution in [0.2, 0.25) is 0 Å². The maximum absolute atomic E-state index is 13.7. The molecule has 1 aliphatic carbocycles. The Hall–Kier alpha value is -6.00. The molecule has 0 aliphatic heterocycles. The highest BCUT2D eigenvalue weighted by atomic mass is 16.1. The lowest BCUT2D eigenvalue weighted by atomic mass is 9.68. The number of ketones is 1. The van der Waals surface area contributed by atoms with Gasteiger partial charge in [-0.15, -0.1) is 0 Å². The monoisotopic (exact) mass is 605 g/mol. The van der Waals surface area contributed by atoms with Gasteiger partial charge in [-0.2, -0.15) is 0 Å². The second kappa shape index (κ2) is 11.4. The molecular weight excluding hydrogens is 574 g/mol. The summed E-state index contributed by atoms with van der Waals surface area (Å²) in [6.07, 6.45) is 0. The molecule has 0 N–H and O–H groups in total. The van der Waals surface area contributed by atoms with Gasteiger partial charge < -0.3 is 0 Å². The lowest BCUT2D eigenvalue weighted by molar-refractivity contribution is 0.103. The van der Waals surface area contributed by atoms with Crippen molar-refractivity contribution in [1.29, 1.82) is 0 Å². The molecule has 47 heavy (non-hydrogen) atoms. The maximum atomic E-state index is 13.7. The molecule has 0 radical (unpaired) electrons. The first-order valence-electron chi connectivity index (χ1n) is 15.8. The predicted molar refractivity (Wildman–Crippen MR) is 189 cm³/mol. The van der Waals surface area contributed by atoms with Crippen molar-refractivity contribution in [2.24, 2.45) is 0 Å². The Morgan fingerprint density at radius 1 is 0.383 bits per heavy atom. The summed E-state index contributed by atoms with van der Waals surface area (Å²) in [6.45, 7) is 4.40. The van der Waals surface area contributed by atoms with E-state index >= 15 is 0 Å². The molecule has 0 saturated carbocycles. The molecule has 4 nitrogen and oxygen atoms in total. The minimum Gasteiger partial charge on any atom is -0.289 e. The minimum atomic E-state index is -0.260. The molecule has 1 aliphatic rings. The lowest BCUT2D eigenvalue weighted by Gasteiger charge is -2.34. The van der Waals surface area contributed by atoms with Gasteiger partial charge in [-0.1, -0.05) is 159 Å². The fourth-order valence-electron chi connectivity index (χ4n) is 6.68. The highest BCUT2D eigenvalue weighted by Crippen LogP contribution is 2.43. The average Bonchev–Trinajstić information content (AvgIpc) is 3.14. The van der Waals surface area contributed by atoms with Crippen LogP contribution in [-0.2, 0) is 5.41 Å². The molecule has 7 aromatic rings. The zero-order valence-electron chi connectivity index (χ0n) is 26.2. The molecule has 0 fully saturated rings. The van der Waals surface area contributed by atoms with Gasteiger partial charge in [0.1, 0.15) is 0 Å². The molecule has 1 aromatic heterocycles. The molecule has 4 heteroatoms. The summed E-state index contributed by atoms with van der Waals surface area (Å²) in [4.78, 5) is 28.3. The van der Waals surface area contributed by atoms with E-state index in [1.165, 1.54) is 0 Å². The Labute approximate surface area is 274 Å². The van der Waals surface area contributed by atoms with Crippen LogP contribution in [0.1, 0.15) is 40.9 Å². The van der Waals surface area contributed by atoms with Gasteiger partial charge in [-0.25, -0.2) is 15.0 Å². The van der Waals surface area contributed by atoms with Gasteiger partial charge in [0.05, 0.1) is 0 Å². The van der Waals surface area contributed by atoms with Crippen LogP contribution in [0.4, 0.5) is 0 Å². The first-order chi connectivity index (χ1) is 23.0. The molecule has 0 atom stereocenters. The summed E-state index contributed by atoms with van der Waals surface area (Å²) in [5, 5.41) is 0. The number of fused-ring (bicyclic) bond motifs is 2. The molecule has 224 valence electrons. The summed E-state index contributed by atoms with van der Waals surface area (Å²) in [5.41, 5.74) is 10.5. The van der Waals surface area contributed by atoms with E-state index in [0.717, 1.165) is 61.2 Å². The van der Waals surface area contributed by atoms with E-state index in [4.69, 9.17) is 15.0 Å². The third-order valence-electron chi connectivity index (χ3n) is 9.17. The zero-order valence-corrected chi connectivity index (χ0v) is 26.2. The van der Waals surface area contributed by atoms with Gasteiger partial charge in [0.25, 0.3) is 0 Å². The molecule has 0 saturated heterocycles. The second-order valence-corrected chi connectivity index (χ2v) is 12.4. The first-order valence-corrected chi connectivity index (χ1v) is 15.8. The van der Waals surface area contributed by atoms with Crippen molar-refractivity contribution >= 4 is 5.78 Å². The highest BCUT2D eigenvalue weighted by molar-refractivity contribution is 6.13.